The van der Waals surface area contributed by atoms with Crippen LogP contribution in [0.15, 0.2) is 42.5 Å². The predicted octanol–water partition coefficient (Wildman–Crippen LogP) is 5.80. The van der Waals surface area contributed by atoms with Gasteiger partial charge in [-0.3, -0.25) is 14.5 Å². The van der Waals surface area contributed by atoms with Gasteiger partial charge in [-0.2, -0.15) is 0 Å². The number of unbranched alkanes of at least 4 members (excludes halogenated alkanes) is 1. The number of aliphatic hydroxyl groups is 1. The number of aromatic carboxylic acids is 1. The Kier molecular flexibility index (Phi) is 11.2. The van der Waals surface area contributed by atoms with Crippen LogP contribution in [-0.2, 0) is 16.1 Å². The summed E-state index contributed by atoms with van der Waals surface area (Å²) < 4.78 is 5.86. The molecule has 2 amide bonds. The molecule has 1 saturated carbocycles. The molecule has 0 unspecified atom stereocenters. The van der Waals surface area contributed by atoms with Gasteiger partial charge in [0.2, 0.25) is 11.8 Å². The second kappa shape index (κ2) is 14.5. The van der Waals surface area contributed by atoms with E-state index in [9.17, 15) is 19.5 Å². The van der Waals surface area contributed by atoms with E-state index < -0.39 is 23.2 Å². The molecule has 44 heavy (non-hydrogen) atoms. The molecule has 0 radical (unpaired) electrons. The topological polar surface area (TPSA) is 119 Å². The first-order chi connectivity index (χ1) is 20.6. The highest BCUT2D eigenvalue weighted by molar-refractivity contribution is 6.32. The smallest absolute Gasteiger partial charge is 0.335 e. The van der Waals surface area contributed by atoms with Crippen molar-refractivity contribution < 1.29 is 29.3 Å². The highest BCUT2D eigenvalue weighted by atomic mass is 35.5. The van der Waals surface area contributed by atoms with Crippen molar-refractivity contribution in [1.82, 2.24) is 15.1 Å². The summed E-state index contributed by atoms with van der Waals surface area (Å²) in [6, 6.07) is 11.1. The molecular weight excluding hydrogens is 605 g/mol. The van der Waals surface area contributed by atoms with E-state index in [4.69, 9.17) is 21.4 Å². The van der Waals surface area contributed by atoms with E-state index in [1.54, 1.807) is 18.2 Å². The summed E-state index contributed by atoms with van der Waals surface area (Å²) in [5.41, 5.74) is -0.566. The van der Waals surface area contributed by atoms with Gasteiger partial charge in [-0.1, -0.05) is 50.3 Å². The molecule has 2 saturated heterocycles. The third-order valence-corrected chi connectivity index (χ3v) is 9.62. The zero-order valence-electron chi connectivity index (χ0n) is 25.2. The minimum Gasteiger partial charge on any atom is -0.478 e. The number of nitrogens with zero attached hydrogens (tertiary/aromatic N) is 2. The molecular formula is C33H43Cl2N3O6. The number of ether oxygens (including phenoxy) is 1. The van der Waals surface area contributed by atoms with Crippen molar-refractivity contribution in [1.29, 1.82) is 0 Å². The van der Waals surface area contributed by atoms with Crippen LogP contribution < -0.4 is 10.1 Å². The van der Waals surface area contributed by atoms with E-state index in [-0.39, 0.29) is 36.2 Å². The standard InChI is InChI=1S/C33H42ClN3O6.ClH/c1-2-3-17-37-29(38)27(21-32(42)13-5-4-6-14-32)35-31(41)33(37)15-18-36(19-16-33)22-23-7-12-28(26(34)20-23)43-25-10-8-24(9-11-25)30(39)40;/h7-12,20,27,42H,2-6,13-19,21-22H2,1H3,(H,35,41)(H,39,40);1H/t27-;/m1./s1. The third kappa shape index (κ3) is 7.50. The fourth-order valence-corrected chi connectivity index (χ4v) is 7.04. The first-order valence-electron chi connectivity index (χ1n) is 15.5. The van der Waals surface area contributed by atoms with Crippen molar-refractivity contribution in [3.05, 3.63) is 58.6 Å². The molecule has 0 bridgehead atoms. The van der Waals surface area contributed by atoms with Gasteiger partial charge in [-0.05, 0) is 74.1 Å². The van der Waals surface area contributed by atoms with Gasteiger partial charge >= 0.3 is 5.97 Å². The minimum atomic E-state index is -1.000. The summed E-state index contributed by atoms with van der Waals surface area (Å²) in [4.78, 5) is 42.7. The van der Waals surface area contributed by atoms with Crippen molar-refractivity contribution >= 4 is 41.8 Å². The number of piperidine rings is 1. The van der Waals surface area contributed by atoms with E-state index in [0.717, 1.165) is 37.7 Å². The van der Waals surface area contributed by atoms with Gasteiger partial charge in [0.25, 0.3) is 0 Å². The van der Waals surface area contributed by atoms with Crippen LogP contribution in [-0.4, -0.2) is 74.6 Å². The Hall–Kier alpha value is -2.85. The number of carbonyl (C=O) groups excluding carboxylic acids is 2. The number of halogens is 2. The monoisotopic (exact) mass is 647 g/mol. The Balaban J connectivity index is 0.00000442. The fraction of sp³-hybridized carbons (Fsp3) is 0.545. The van der Waals surface area contributed by atoms with Crippen LogP contribution >= 0.6 is 24.0 Å². The Morgan fingerprint density at radius 2 is 1.73 bits per heavy atom. The van der Waals surface area contributed by atoms with Crippen LogP contribution in [0.5, 0.6) is 11.5 Å². The van der Waals surface area contributed by atoms with Gasteiger partial charge in [0.15, 0.2) is 0 Å². The molecule has 1 atom stereocenters. The van der Waals surface area contributed by atoms with Crippen molar-refractivity contribution in [3.8, 4) is 11.5 Å². The normalized spacial score (nSPS) is 21.4. The van der Waals surface area contributed by atoms with Crippen molar-refractivity contribution in [2.45, 2.75) is 94.9 Å². The number of nitrogens with one attached hydrogen (secondary N) is 1. The van der Waals surface area contributed by atoms with Gasteiger partial charge in [0.1, 0.15) is 23.1 Å². The lowest BCUT2D eigenvalue weighted by molar-refractivity contribution is -0.163. The molecule has 2 heterocycles. The number of carboxylic acids is 1. The maximum atomic E-state index is 13.8. The van der Waals surface area contributed by atoms with Crippen LogP contribution in [0.3, 0.4) is 0 Å². The zero-order chi connectivity index (χ0) is 30.6. The SMILES string of the molecule is CCCCN1C(=O)[C@@H](CC2(O)CCCCC2)NC(=O)C12CCN(Cc1ccc(Oc3ccc(C(=O)O)cc3)c(Cl)c1)CC2.Cl. The molecule has 1 spiro atoms. The lowest BCUT2D eigenvalue weighted by Crippen LogP contribution is -2.73. The number of carboxylic acid groups (broad SMARTS) is 1. The van der Waals surface area contributed by atoms with E-state index >= 15 is 0 Å². The van der Waals surface area contributed by atoms with Crippen LogP contribution in [0.25, 0.3) is 0 Å². The summed E-state index contributed by atoms with van der Waals surface area (Å²) in [5.74, 6) is -0.180. The molecule has 3 aliphatic rings. The maximum Gasteiger partial charge on any atom is 0.335 e. The summed E-state index contributed by atoms with van der Waals surface area (Å²) in [7, 11) is 0. The number of carbonyl (C=O) groups is 3. The predicted molar refractivity (Wildman–Crippen MR) is 171 cm³/mol. The average molecular weight is 649 g/mol. The Morgan fingerprint density at radius 1 is 1.05 bits per heavy atom. The summed E-state index contributed by atoms with van der Waals surface area (Å²) >= 11 is 6.54. The fourth-order valence-electron chi connectivity index (χ4n) is 6.80. The molecule has 3 N–H and O–H groups in total. The van der Waals surface area contributed by atoms with Crippen molar-refractivity contribution in [3.63, 3.8) is 0 Å². The molecule has 9 nitrogen and oxygen atoms in total. The van der Waals surface area contributed by atoms with Crippen LogP contribution in [0.4, 0.5) is 0 Å². The van der Waals surface area contributed by atoms with Crippen LogP contribution in [0.1, 0.15) is 87.1 Å². The number of hydrogen-bond donors (Lipinski definition) is 3. The molecule has 240 valence electrons. The Morgan fingerprint density at radius 3 is 2.34 bits per heavy atom. The third-order valence-electron chi connectivity index (χ3n) is 9.33. The summed E-state index contributed by atoms with van der Waals surface area (Å²) in [6.07, 6.45) is 7.51. The molecule has 5 rings (SSSR count). The van der Waals surface area contributed by atoms with E-state index in [1.807, 2.05) is 17.0 Å². The van der Waals surface area contributed by atoms with E-state index in [1.165, 1.54) is 12.1 Å². The molecule has 2 aliphatic heterocycles. The number of hydrogen-bond acceptors (Lipinski definition) is 6. The number of likely N-dealkylation sites (tertiary alicyclic amines) is 1. The summed E-state index contributed by atoms with van der Waals surface area (Å²) in [6.45, 7) is 4.59. The number of amides is 2. The molecule has 2 aromatic carbocycles. The minimum absolute atomic E-state index is 0. The van der Waals surface area contributed by atoms with Crippen LogP contribution in [0, 0.1) is 0 Å². The first-order valence-corrected chi connectivity index (χ1v) is 15.9. The molecule has 0 aromatic heterocycles. The van der Waals surface area contributed by atoms with Crippen molar-refractivity contribution in [2.75, 3.05) is 19.6 Å². The quantitative estimate of drug-likeness (QED) is 0.298. The second-order valence-corrected chi connectivity index (χ2v) is 12.8. The second-order valence-electron chi connectivity index (χ2n) is 12.4. The summed E-state index contributed by atoms with van der Waals surface area (Å²) in [5, 5.41) is 23.7. The number of benzene rings is 2. The first kappa shape index (κ1) is 34.0. The lowest BCUT2D eigenvalue weighted by Gasteiger charge is -2.52. The van der Waals surface area contributed by atoms with Gasteiger partial charge in [-0.15, -0.1) is 12.4 Å². The average Bonchev–Trinajstić information content (AvgIpc) is 2.99. The highest BCUT2D eigenvalue weighted by Gasteiger charge is 2.54. The Bertz CT molecular complexity index is 1320. The van der Waals surface area contributed by atoms with Gasteiger partial charge in [0, 0.05) is 32.6 Å². The van der Waals surface area contributed by atoms with Gasteiger partial charge < -0.3 is 25.2 Å². The Labute approximate surface area is 270 Å². The van der Waals surface area contributed by atoms with Crippen molar-refractivity contribution in [2.24, 2.45) is 0 Å². The highest BCUT2D eigenvalue weighted by Crippen LogP contribution is 2.38. The van der Waals surface area contributed by atoms with E-state index in [2.05, 4.69) is 17.1 Å². The number of piperazine rings is 1. The maximum absolute atomic E-state index is 13.8. The zero-order valence-corrected chi connectivity index (χ0v) is 26.8. The van der Waals surface area contributed by atoms with Gasteiger partial charge in [-0.25, -0.2) is 4.79 Å². The molecule has 2 aromatic rings. The largest absolute Gasteiger partial charge is 0.478 e. The molecule has 11 heteroatoms. The van der Waals surface area contributed by atoms with E-state index in [0.29, 0.717) is 68.4 Å². The lowest BCUT2D eigenvalue weighted by atomic mass is 9.77. The van der Waals surface area contributed by atoms with Crippen LogP contribution in [0.2, 0.25) is 5.02 Å². The van der Waals surface area contributed by atoms with Gasteiger partial charge in [0.05, 0.1) is 16.2 Å². The number of rotatable bonds is 10. The molecule has 1 aliphatic carbocycles. The molecule has 3 fully saturated rings.